The van der Waals surface area contributed by atoms with Crippen molar-refractivity contribution in [2.75, 3.05) is 12.8 Å². The van der Waals surface area contributed by atoms with Gasteiger partial charge >= 0.3 is 0 Å². The van der Waals surface area contributed by atoms with E-state index >= 15 is 0 Å². The van der Waals surface area contributed by atoms with Gasteiger partial charge in [0.1, 0.15) is 0 Å². The summed E-state index contributed by atoms with van der Waals surface area (Å²) in [5.74, 6) is -0.0821. The van der Waals surface area contributed by atoms with Crippen molar-refractivity contribution in [1.82, 2.24) is 14.7 Å². The van der Waals surface area contributed by atoms with Crippen molar-refractivity contribution < 1.29 is 4.79 Å². The molecule has 0 bridgehead atoms. The molecule has 0 aliphatic carbocycles. The van der Waals surface area contributed by atoms with Crippen LogP contribution in [0.2, 0.25) is 0 Å². The highest BCUT2D eigenvalue weighted by Crippen LogP contribution is 2.16. The SMILES string of the molecule is Cc1ccc(C(=O)N(C)Cc2cnn(C)c2)c(N)c1. The number of nitrogen functional groups attached to an aromatic ring is 1. The molecule has 1 aromatic carbocycles. The molecule has 0 spiro atoms. The van der Waals surface area contributed by atoms with Gasteiger partial charge in [0.05, 0.1) is 11.8 Å². The molecule has 1 amide bonds. The Kier molecular flexibility index (Phi) is 3.55. The van der Waals surface area contributed by atoms with Gasteiger partial charge in [-0.05, 0) is 24.6 Å². The Balaban J connectivity index is 2.14. The zero-order valence-electron chi connectivity index (χ0n) is 11.4. The van der Waals surface area contributed by atoms with Crippen LogP contribution in [0, 0.1) is 6.92 Å². The molecule has 2 aromatic rings. The maximum atomic E-state index is 12.3. The number of hydrogen-bond acceptors (Lipinski definition) is 3. The zero-order valence-corrected chi connectivity index (χ0v) is 11.4. The Labute approximate surface area is 112 Å². The summed E-state index contributed by atoms with van der Waals surface area (Å²) in [4.78, 5) is 13.9. The molecule has 2 rings (SSSR count). The van der Waals surface area contributed by atoms with Crippen LogP contribution in [0.5, 0.6) is 0 Å². The largest absolute Gasteiger partial charge is 0.398 e. The summed E-state index contributed by atoms with van der Waals surface area (Å²) in [5.41, 5.74) is 8.98. The van der Waals surface area contributed by atoms with Gasteiger partial charge in [0.15, 0.2) is 0 Å². The molecule has 19 heavy (non-hydrogen) atoms. The number of carbonyl (C=O) groups excluding carboxylic acids is 1. The summed E-state index contributed by atoms with van der Waals surface area (Å²) in [7, 11) is 3.61. The van der Waals surface area contributed by atoms with Crippen molar-refractivity contribution in [1.29, 1.82) is 0 Å². The second-order valence-corrected chi connectivity index (χ2v) is 4.77. The van der Waals surface area contributed by atoms with E-state index in [1.54, 1.807) is 28.9 Å². The molecule has 0 aliphatic rings. The lowest BCUT2D eigenvalue weighted by atomic mass is 10.1. The van der Waals surface area contributed by atoms with Gasteiger partial charge in [0, 0.05) is 38.1 Å². The monoisotopic (exact) mass is 258 g/mol. The topological polar surface area (TPSA) is 64.2 Å². The molecule has 0 saturated carbocycles. The van der Waals surface area contributed by atoms with Crippen LogP contribution in [0.3, 0.4) is 0 Å². The maximum Gasteiger partial charge on any atom is 0.255 e. The first-order valence-corrected chi connectivity index (χ1v) is 6.06. The highest BCUT2D eigenvalue weighted by molar-refractivity contribution is 5.99. The minimum absolute atomic E-state index is 0.0821. The van der Waals surface area contributed by atoms with Gasteiger partial charge in [0.2, 0.25) is 0 Å². The van der Waals surface area contributed by atoms with E-state index in [2.05, 4.69) is 5.10 Å². The maximum absolute atomic E-state index is 12.3. The van der Waals surface area contributed by atoms with Gasteiger partial charge in [-0.1, -0.05) is 6.07 Å². The number of anilines is 1. The molecule has 0 saturated heterocycles. The lowest BCUT2D eigenvalue weighted by molar-refractivity contribution is 0.0786. The summed E-state index contributed by atoms with van der Waals surface area (Å²) in [5, 5.41) is 4.08. The van der Waals surface area contributed by atoms with E-state index in [9.17, 15) is 4.79 Å². The third-order valence-corrected chi connectivity index (χ3v) is 2.96. The fraction of sp³-hybridized carbons (Fsp3) is 0.286. The van der Waals surface area contributed by atoms with E-state index in [4.69, 9.17) is 5.73 Å². The van der Waals surface area contributed by atoms with Crippen LogP contribution < -0.4 is 5.73 Å². The highest BCUT2D eigenvalue weighted by Gasteiger charge is 2.15. The van der Waals surface area contributed by atoms with Crippen LogP contribution in [0.25, 0.3) is 0 Å². The highest BCUT2D eigenvalue weighted by atomic mass is 16.2. The fourth-order valence-electron chi connectivity index (χ4n) is 1.98. The Morgan fingerprint density at radius 1 is 1.47 bits per heavy atom. The quantitative estimate of drug-likeness (QED) is 0.850. The smallest absolute Gasteiger partial charge is 0.255 e. The predicted molar refractivity (Wildman–Crippen MR) is 74.6 cm³/mol. The number of benzene rings is 1. The number of carbonyl (C=O) groups is 1. The summed E-state index contributed by atoms with van der Waals surface area (Å²) in [6.45, 7) is 2.46. The van der Waals surface area contributed by atoms with Crippen LogP contribution in [0.4, 0.5) is 5.69 Å². The molecule has 0 radical (unpaired) electrons. The second-order valence-electron chi connectivity index (χ2n) is 4.77. The minimum Gasteiger partial charge on any atom is -0.398 e. The number of nitrogens with two attached hydrogens (primary N) is 1. The van der Waals surface area contributed by atoms with Crippen molar-refractivity contribution in [2.24, 2.45) is 7.05 Å². The first-order valence-electron chi connectivity index (χ1n) is 6.06. The van der Waals surface area contributed by atoms with Crippen LogP contribution >= 0.6 is 0 Å². The van der Waals surface area contributed by atoms with Gasteiger partial charge in [-0.3, -0.25) is 9.48 Å². The van der Waals surface area contributed by atoms with Crippen molar-refractivity contribution in [3.8, 4) is 0 Å². The number of amides is 1. The van der Waals surface area contributed by atoms with E-state index in [-0.39, 0.29) is 5.91 Å². The normalized spacial score (nSPS) is 10.5. The van der Waals surface area contributed by atoms with Gasteiger partial charge in [-0.25, -0.2) is 0 Å². The molecule has 0 fully saturated rings. The lowest BCUT2D eigenvalue weighted by Crippen LogP contribution is -2.26. The zero-order chi connectivity index (χ0) is 14.0. The van der Waals surface area contributed by atoms with E-state index in [0.717, 1.165) is 11.1 Å². The van der Waals surface area contributed by atoms with Crippen molar-refractivity contribution in [3.63, 3.8) is 0 Å². The number of rotatable bonds is 3. The molecule has 0 aliphatic heterocycles. The van der Waals surface area contributed by atoms with Crippen LogP contribution in [0.1, 0.15) is 21.5 Å². The summed E-state index contributed by atoms with van der Waals surface area (Å²) in [6.07, 6.45) is 3.64. The van der Waals surface area contributed by atoms with E-state index < -0.39 is 0 Å². The number of aromatic nitrogens is 2. The van der Waals surface area contributed by atoms with Crippen molar-refractivity contribution in [3.05, 3.63) is 47.3 Å². The fourth-order valence-corrected chi connectivity index (χ4v) is 1.98. The Morgan fingerprint density at radius 3 is 2.79 bits per heavy atom. The molecular weight excluding hydrogens is 240 g/mol. The van der Waals surface area contributed by atoms with E-state index in [0.29, 0.717) is 17.8 Å². The number of hydrogen-bond donors (Lipinski definition) is 1. The molecule has 2 N–H and O–H groups in total. The molecule has 5 heteroatoms. The summed E-state index contributed by atoms with van der Waals surface area (Å²) in [6, 6.07) is 5.47. The van der Waals surface area contributed by atoms with Gasteiger partial charge in [-0.2, -0.15) is 5.10 Å². The van der Waals surface area contributed by atoms with E-state index in [1.165, 1.54) is 0 Å². The minimum atomic E-state index is -0.0821. The summed E-state index contributed by atoms with van der Waals surface area (Å²) >= 11 is 0. The molecule has 5 nitrogen and oxygen atoms in total. The standard InChI is InChI=1S/C14H18N4O/c1-10-4-5-12(13(15)6-10)14(19)17(2)8-11-7-16-18(3)9-11/h4-7,9H,8,15H2,1-3H3. The van der Waals surface area contributed by atoms with Gasteiger partial charge in [-0.15, -0.1) is 0 Å². The molecular formula is C14H18N4O. The molecule has 100 valence electrons. The predicted octanol–water partition coefficient (Wildman–Crippen LogP) is 1.58. The van der Waals surface area contributed by atoms with E-state index in [1.807, 2.05) is 32.3 Å². The number of aryl methyl sites for hydroxylation is 2. The Morgan fingerprint density at radius 2 is 2.21 bits per heavy atom. The van der Waals surface area contributed by atoms with Crippen LogP contribution in [0.15, 0.2) is 30.6 Å². The first-order chi connectivity index (χ1) is 8.97. The van der Waals surface area contributed by atoms with Crippen molar-refractivity contribution >= 4 is 11.6 Å². The van der Waals surface area contributed by atoms with Crippen LogP contribution in [-0.2, 0) is 13.6 Å². The Hall–Kier alpha value is -2.30. The van der Waals surface area contributed by atoms with Gasteiger partial charge in [0.25, 0.3) is 5.91 Å². The second kappa shape index (κ2) is 5.14. The lowest BCUT2D eigenvalue weighted by Gasteiger charge is -2.17. The molecule has 0 atom stereocenters. The molecule has 0 unspecified atom stereocenters. The first kappa shape index (κ1) is 13.1. The van der Waals surface area contributed by atoms with Crippen molar-refractivity contribution in [2.45, 2.75) is 13.5 Å². The molecule has 1 heterocycles. The average Bonchev–Trinajstić information content (AvgIpc) is 2.74. The Bertz CT molecular complexity index is 603. The third-order valence-electron chi connectivity index (χ3n) is 2.96. The summed E-state index contributed by atoms with van der Waals surface area (Å²) < 4.78 is 1.72. The third kappa shape index (κ3) is 2.93. The average molecular weight is 258 g/mol. The molecule has 1 aromatic heterocycles. The van der Waals surface area contributed by atoms with Gasteiger partial charge < -0.3 is 10.6 Å². The number of nitrogens with zero attached hydrogens (tertiary/aromatic N) is 3. The van der Waals surface area contributed by atoms with Crippen LogP contribution in [-0.4, -0.2) is 27.6 Å².